The van der Waals surface area contributed by atoms with Gasteiger partial charge in [0.2, 0.25) is 0 Å². The number of amides is 1. The molecule has 3 aromatic rings. The topological polar surface area (TPSA) is 44.4 Å². The summed E-state index contributed by atoms with van der Waals surface area (Å²) in [5.74, 6) is -0.0375. The third kappa shape index (κ3) is 2.26. The number of benzene rings is 3. The van der Waals surface area contributed by atoms with Gasteiger partial charge in [-0.25, -0.2) is 0 Å². The van der Waals surface area contributed by atoms with Crippen LogP contribution in [0.15, 0.2) is 66.7 Å². The van der Waals surface area contributed by atoms with Gasteiger partial charge in [0, 0.05) is 30.5 Å². The molecule has 4 heteroatoms. The minimum absolute atomic E-state index is 0.0375. The maximum atomic E-state index is 12.4. The molecule has 4 nitrogen and oxygen atoms in total. The zero-order valence-electron chi connectivity index (χ0n) is 14.5. The van der Waals surface area contributed by atoms with Gasteiger partial charge in [0.1, 0.15) is 6.17 Å². The number of rotatable bonds is 1. The van der Waals surface area contributed by atoms with E-state index in [0.29, 0.717) is 5.56 Å². The summed E-state index contributed by atoms with van der Waals surface area (Å²) in [6, 6.07) is 22.6. The van der Waals surface area contributed by atoms with E-state index in [-0.39, 0.29) is 12.1 Å². The van der Waals surface area contributed by atoms with Crippen molar-refractivity contribution >= 4 is 17.3 Å². The van der Waals surface area contributed by atoms with E-state index in [4.69, 9.17) is 0 Å². The third-order valence-electron chi connectivity index (χ3n) is 5.22. The number of para-hydroxylation sites is 2. The first-order chi connectivity index (χ1) is 12.7. The molecule has 0 saturated heterocycles. The lowest BCUT2D eigenvalue weighted by Gasteiger charge is -2.32. The van der Waals surface area contributed by atoms with Gasteiger partial charge < -0.3 is 15.5 Å². The summed E-state index contributed by atoms with van der Waals surface area (Å²) in [5, 5.41) is 6.50. The predicted molar refractivity (Wildman–Crippen MR) is 104 cm³/mol. The molecule has 2 aliphatic rings. The molecule has 0 aliphatic carbocycles. The molecule has 3 aromatic carbocycles. The zero-order chi connectivity index (χ0) is 17.7. The summed E-state index contributed by atoms with van der Waals surface area (Å²) < 4.78 is 0. The van der Waals surface area contributed by atoms with Crippen LogP contribution in [0.1, 0.15) is 27.7 Å². The molecule has 1 unspecified atom stereocenters. The van der Waals surface area contributed by atoms with Crippen LogP contribution >= 0.6 is 0 Å². The Kier molecular flexibility index (Phi) is 3.25. The minimum atomic E-state index is -0.217. The fourth-order valence-electron chi connectivity index (χ4n) is 3.94. The summed E-state index contributed by atoms with van der Waals surface area (Å²) in [4.78, 5) is 14.7. The van der Waals surface area contributed by atoms with Crippen LogP contribution in [0.3, 0.4) is 0 Å². The molecule has 1 amide bonds. The van der Waals surface area contributed by atoms with Crippen molar-refractivity contribution in [1.82, 2.24) is 5.32 Å². The number of nitrogens with one attached hydrogen (secondary N) is 2. The summed E-state index contributed by atoms with van der Waals surface area (Å²) in [5.41, 5.74) is 7.69. The molecule has 0 spiro atoms. The molecule has 0 fully saturated rings. The molecule has 0 bridgehead atoms. The van der Waals surface area contributed by atoms with Crippen LogP contribution in [0.2, 0.25) is 0 Å². The van der Waals surface area contributed by atoms with E-state index in [1.807, 2.05) is 24.3 Å². The SMILES string of the molecule is CN1Cc2cc(C3NC(=O)c4ccccc4N3)ccc2-c2ccccc21. The Balaban J connectivity index is 1.54. The molecule has 0 aromatic heterocycles. The van der Waals surface area contributed by atoms with Gasteiger partial charge in [0.15, 0.2) is 0 Å². The number of hydrogen-bond acceptors (Lipinski definition) is 3. The molecule has 1 atom stereocenters. The summed E-state index contributed by atoms with van der Waals surface area (Å²) in [6.45, 7) is 0.859. The van der Waals surface area contributed by atoms with Crippen molar-refractivity contribution in [2.75, 3.05) is 17.3 Å². The lowest BCUT2D eigenvalue weighted by atomic mass is 9.91. The van der Waals surface area contributed by atoms with Gasteiger partial charge in [0.25, 0.3) is 5.91 Å². The summed E-state index contributed by atoms with van der Waals surface area (Å²) in [6.07, 6.45) is -0.217. The van der Waals surface area contributed by atoms with Crippen molar-refractivity contribution < 1.29 is 4.79 Å². The maximum Gasteiger partial charge on any atom is 0.255 e. The highest BCUT2D eigenvalue weighted by Crippen LogP contribution is 2.39. The highest BCUT2D eigenvalue weighted by atomic mass is 16.2. The van der Waals surface area contributed by atoms with Gasteiger partial charge in [-0.1, -0.05) is 42.5 Å². The van der Waals surface area contributed by atoms with Gasteiger partial charge in [-0.15, -0.1) is 0 Å². The average molecular weight is 341 g/mol. The van der Waals surface area contributed by atoms with Gasteiger partial charge in [-0.05, 0) is 41.0 Å². The number of carbonyl (C=O) groups is 1. The summed E-state index contributed by atoms with van der Waals surface area (Å²) >= 11 is 0. The number of hydrogen-bond donors (Lipinski definition) is 2. The second-order valence-corrected chi connectivity index (χ2v) is 6.89. The third-order valence-corrected chi connectivity index (χ3v) is 5.22. The number of fused-ring (bicyclic) bond motifs is 4. The van der Waals surface area contributed by atoms with E-state index in [2.05, 4.69) is 65.0 Å². The number of carbonyl (C=O) groups excluding carboxylic acids is 1. The molecule has 0 saturated carbocycles. The molecule has 2 N–H and O–H groups in total. The summed E-state index contributed by atoms with van der Waals surface area (Å²) in [7, 11) is 2.12. The highest BCUT2D eigenvalue weighted by Gasteiger charge is 2.26. The van der Waals surface area contributed by atoms with E-state index >= 15 is 0 Å². The van der Waals surface area contributed by atoms with Crippen molar-refractivity contribution in [3.05, 3.63) is 83.4 Å². The molecule has 26 heavy (non-hydrogen) atoms. The average Bonchev–Trinajstić information content (AvgIpc) is 2.68. The number of anilines is 2. The largest absolute Gasteiger partial charge is 0.370 e. The van der Waals surface area contributed by atoms with E-state index in [9.17, 15) is 4.79 Å². The Bertz CT molecular complexity index is 1030. The van der Waals surface area contributed by atoms with Crippen LogP contribution in [0, 0.1) is 0 Å². The smallest absolute Gasteiger partial charge is 0.255 e. The molecule has 5 rings (SSSR count). The van der Waals surface area contributed by atoms with Crippen LogP contribution in [0.25, 0.3) is 11.1 Å². The van der Waals surface area contributed by atoms with Crippen LogP contribution in [0.5, 0.6) is 0 Å². The Morgan fingerprint density at radius 2 is 1.65 bits per heavy atom. The van der Waals surface area contributed by atoms with Crippen LogP contribution in [0.4, 0.5) is 11.4 Å². The van der Waals surface area contributed by atoms with Crippen molar-refractivity contribution in [2.24, 2.45) is 0 Å². The van der Waals surface area contributed by atoms with Crippen molar-refractivity contribution in [2.45, 2.75) is 12.7 Å². The Morgan fingerprint density at radius 3 is 2.54 bits per heavy atom. The van der Waals surface area contributed by atoms with Crippen LogP contribution < -0.4 is 15.5 Å². The molecular formula is C22H19N3O. The first kappa shape index (κ1) is 15.0. The quantitative estimate of drug-likeness (QED) is 0.699. The standard InChI is InChI=1S/C22H19N3O/c1-25-13-15-12-14(10-11-16(15)17-6-3-5-9-20(17)25)21-23-19-8-4-2-7-18(19)22(26)24-21/h2-12,21,23H,13H2,1H3,(H,24,26). The minimum Gasteiger partial charge on any atom is -0.370 e. The second-order valence-electron chi connectivity index (χ2n) is 6.89. The van der Waals surface area contributed by atoms with Crippen molar-refractivity contribution in [3.8, 4) is 11.1 Å². The van der Waals surface area contributed by atoms with Crippen LogP contribution in [-0.4, -0.2) is 13.0 Å². The first-order valence-electron chi connectivity index (χ1n) is 8.80. The predicted octanol–water partition coefficient (Wildman–Crippen LogP) is 4.16. The van der Waals surface area contributed by atoms with Gasteiger partial charge >= 0.3 is 0 Å². The fourth-order valence-corrected chi connectivity index (χ4v) is 3.94. The lowest BCUT2D eigenvalue weighted by molar-refractivity contribution is 0.0935. The Hall–Kier alpha value is -3.27. The Morgan fingerprint density at radius 1 is 0.885 bits per heavy atom. The van der Waals surface area contributed by atoms with Crippen molar-refractivity contribution in [3.63, 3.8) is 0 Å². The Labute approximate surface area is 152 Å². The second kappa shape index (κ2) is 5.63. The van der Waals surface area contributed by atoms with Gasteiger partial charge in [0.05, 0.1) is 5.56 Å². The molecule has 2 aliphatic heterocycles. The van der Waals surface area contributed by atoms with E-state index < -0.39 is 0 Å². The van der Waals surface area contributed by atoms with Crippen LogP contribution in [-0.2, 0) is 6.54 Å². The molecule has 0 radical (unpaired) electrons. The van der Waals surface area contributed by atoms with E-state index in [1.54, 1.807) is 0 Å². The maximum absolute atomic E-state index is 12.4. The van der Waals surface area contributed by atoms with Crippen molar-refractivity contribution in [1.29, 1.82) is 0 Å². The molecular weight excluding hydrogens is 322 g/mol. The monoisotopic (exact) mass is 341 g/mol. The molecule has 128 valence electrons. The van der Waals surface area contributed by atoms with E-state index in [0.717, 1.165) is 17.8 Å². The normalized spacial score (nSPS) is 17.5. The van der Waals surface area contributed by atoms with Gasteiger partial charge in [-0.2, -0.15) is 0 Å². The number of nitrogens with zero attached hydrogens (tertiary/aromatic N) is 1. The lowest BCUT2D eigenvalue weighted by Crippen LogP contribution is -2.38. The van der Waals surface area contributed by atoms with Gasteiger partial charge in [-0.3, -0.25) is 4.79 Å². The van der Waals surface area contributed by atoms with E-state index in [1.165, 1.54) is 22.4 Å². The zero-order valence-corrected chi connectivity index (χ0v) is 14.5. The molecule has 2 heterocycles. The highest BCUT2D eigenvalue weighted by molar-refractivity contribution is 6.01. The fraction of sp³-hybridized carbons (Fsp3) is 0.136. The first-order valence-corrected chi connectivity index (χ1v) is 8.80.